The summed E-state index contributed by atoms with van der Waals surface area (Å²) in [6.45, 7) is 2.70. The van der Waals surface area contributed by atoms with E-state index >= 15 is 0 Å². The first kappa shape index (κ1) is 12.7. The van der Waals surface area contributed by atoms with Crippen molar-refractivity contribution in [1.29, 1.82) is 0 Å². The van der Waals surface area contributed by atoms with Gasteiger partial charge in [0.05, 0.1) is 6.42 Å². The van der Waals surface area contributed by atoms with Gasteiger partial charge in [0.2, 0.25) is 0 Å². The molecule has 1 fully saturated rings. The molecule has 1 atom stereocenters. The van der Waals surface area contributed by atoms with Crippen LogP contribution in [-0.4, -0.2) is 55.1 Å². The summed E-state index contributed by atoms with van der Waals surface area (Å²) < 4.78 is 0. The Morgan fingerprint density at radius 1 is 1.69 bits per heavy atom. The molecule has 1 unspecified atom stereocenters. The number of alkyl halides is 1. The van der Waals surface area contributed by atoms with Gasteiger partial charge in [-0.1, -0.05) is 0 Å². The Hall–Kier alpha value is -0.320. The van der Waals surface area contributed by atoms with Crippen molar-refractivity contribution in [2.24, 2.45) is 0 Å². The van der Waals surface area contributed by atoms with Crippen molar-refractivity contribution in [3.63, 3.8) is 0 Å². The van der Waals surface area contributed by atoms with E-state index in [2.05, 4.69) is 21.8 Å². The SMILES string of the molecule is CCl.CN1CCNCC1CC(=O)O. The molecule has 0 aromatic heterocycles. The third-order valence-corrected chi connectivity index (χ3v) is 2.05. The van der Waals surface area contributed by atoms with E-state index in [-0.39, 0.29) is 12.5 Å². The number of halogens is 1. The first-order valence-corrected chi connectivity index (χ1v) is 4.96. The number of carboxylic acids is 1. The van der Waals surface area contributed by atoms with E-state index in [4.69, 9.17) is 5.11 Å². The Kier molecular flexibility index (Phi) is 6.94. The van der Waals surface area contributed by atoms with Crippen LogP contribution in [-0.2, 0) is 4.79 Å². The maximum absolute atomic E-state index is 10.4. The summed E-state index contributed by atoms with van der Waals surface area (Å²) in [6, 6.07) is 0.168. The van der Waals surface area contributed by atoms with E-state index < -0.39 is 5.97 Å². The Balaban J connectivity index is 0.000000671. The molecule has 4 nitrogen and oxygen atoms in total. The summed E-state index contributed by atoms with van der Waals surface area (Å²) >= 11 is 4.64. The maximum Gasteiger partial charge on any atom is 0.304 e. The summed E-state index contributed by atoms with van der Waals surface area (Å²) in [4.78, 5) is 12.4. The summed E-state index contributed by atoms with van der Waals surface area (Å²) in [5.41, 5.74) is 0. The van der Waals surface area contributed by atoms with Crippen molar-refractivity contribution in [1.82, 2.24) is 10.2 Å². The molecule has 0 aromatic rings. The fourth-order valence-corrected chi connectivity index (χ4v) is 1.29. The van der Waals surface area contributed by atoms with Gasteiger partial charge in [-0.3, -0.25) is 4.79 Å². The summed E-state index contributed by atoms with van der Waals surface area (Å²) in [5.74, 6) is -0.717. The highest BCUT2D eigenvalue weighted by Crippen LogP contribution is 2.03. The predicted molar refractivity (Wildman–Crippen MR) is 53.3 cm³/mol. The van der Waals surface area contributed by atoms with Gasteiger partial charge in [-0.05, 0) is 7.05 Å². The molecule has 1 heterocycles. The second-order valence-electron chi connectivity index (χ2n) is 2.94. The van der Waals surface area contributed by atoms with E-state index in [0.29, 0.717) is 0 Å². The quantitative estimate of drug-likeness (QED) is 0.638. The van der Waals surface area contributed by atoms with Gasteiger partial charge in [-0.15, -0.1) is 11.6 Å². The first-order valence-electron chi connectivity index (χ1n) is 4.20. The highest BCUT2D eigenvalue weighted by atomic mass is 35.5. The number of piperazine rings is 1. The van der Waals surface area contributed by atoms with Crippen LogP contribution in [0, 0.1) is 0 Å². The third kappa shape index (κ3) is 5.08. The Labute approximate surface area is 83.9 Å². The van der Waals surface area contributed by atoms with Crippen molar-refractivity contribution >= 4 is 17.6 Å². The molecule has 0 spiro atoms. The summed E-state index contributed by atoms with van der Waals surface area (Å²) in [7, 11) is 1.97. The van der Waals surface area contributed by atoms with Crippen LogP contribution in [0.2, 0.25) is 0 Å². The number of nitrogens with one attached hydrogen (secondary N) is 1. The fraction of sp³-hybridized carbons (Fsp3) is 0.875. The highest BCUT2D eigenvalue weighted by molar-refractivity contribution is 6.15. The van der Waals surface area contributed by atoms with Crippen LogP contribution in [0.3, 0.4) is 0 Å². The van der Waals surface area contributed by atoms with Crippen LogP contribution in [0.25, 0.3) is 0 Å². The van der Waals surface area contributed by atoms with Crippen LogP contribution in [0.5, 0.6) is 0 Å². The van der Waals surface area contributed by atoms with Gasteiger partial charge < -0.3 is 15.3 Å². The third-order valence-electron chi connectivity index (χ3n) is 2.05. The maximum atomic E-state index is 10.4. The second kappa shape index (κ2) is 7.12. The van der Waals surface area contributed by atoms with Crippen molar-refractivity contribution in [2.45, 2.75) is 12.5 Å². The molecule has 0 radical (unpaired) electrons. The average molecular weight is 209 g/mol. The molecule has 0 saturated carbocycles. The molecule has 1 saturated heterocycles. The van der Waals surface area contributed by atoms with Crippen molar-refractivity contribution in [3.8, 4) is 0 Å². The smallest absolute Gasteiger partial charge is 0.304 e. The number of nitrogens with zero attached hydrogens (tertiary/aromatic N) is 1. The fourth-order valence-electron chi connectivity index (χ4n) is 1.29. The van der Waals surface area contributed by atoms with Crippen molar-refractivity contribution in [3.05, 3.63) is 0 Å². The van der Waals surface area contributed by atoms with Crippen LogP contribution >= 0.6 is 11.6 Å². The summed E-state index contributed by atoms with van der Waals surface area (Å²) in [6.07, 6.45) is 1.71. The minimum atomic E-state index is -0.717. The standard InChI is InChI=1S/C7H14N2O2.CH3Cl/c1-9-3-2-8-5-6(9)4-7(10)11;1-2/h6,8H,2-5H2,1H3,(H,10,11);1H3. The van der Waals surface area contributed by atoms with E-state index in [1.54, 1.807) is 0 Å². The number of carboxylic acid groups (broad SMARTS) is 1. The van der Waals surface area contributed by atoms with E-state index in [0.717, 1.165) is 19.6 Å². The lowest BCUT2D eigenvalue weighted by molar-refractivity contribution is -0.138. The van der Waals surface area contributed by atoms with Gasteiger partial charge in [-0.2, -0.15) is 0 Å². The number of hydrogen-bond acceptors (Lipinski definition) is 3. The Morgan fingerprint density at radius 2 is 2.31 bits per heavy atom. The summed E-state index contributed by atoms with van der Waals surface area (Å²) in [5, 5.41) is 11.7. The van der Waals surface area contributed by atoms with E-state index in [1.807, 2.05) is 7.05 Å². The van der Waals surface area contributed by atoms with Gasteiger partial charge in [0.15, 0.2) is 0 Å². The minimum absolute atomic E-state index is 0.168. The zero-order chi connectivity index (χ0) is 10.3. The van der Waals surface area contributed by atoms with E-state index in [9.17, 15) is 4.79 Å². The van der Waals surface area contributed by atoms with Crippen LogP contribution in [0.4, 0.5) is 0 Å². The zero-order valence-corrected chi connectivity index (χ0v) is 8.84. The van der Waals surface area contributed by atoms with Gasteiger partial charge in [0.25, 0.3) is 0 Å². The molecule has 2 N–H and O–H groups in total. The molecule has 78 valence electrons. The van der Waals surface area contributed by atoms with E-state index in [1.165, 1.54) is 6.38 Å². The predicted octanol–water partition coefficient (Wildman–Crippen LogP) is 0.220. The number of hydrogen-bond donors (Lipinski definition) is 2. The molecule has 0 aromatic carbocycles. The molecule has 1 rings (SSSR count). The topological polar surface area (TPSA) is 52.6 Å². The zero-order valence-electron chi connectivity index (χ0n) is 8.09. The number of likely N-dealkylation sites (N-methyl/N-ethyl adjacent to an activating group) is 1. The van der Waals surface area contributed by atoms with Crippen molar-refractivity contribution in [2.75, 3.05) is 33.1 Å². The van der Waals surface area contributed by atoms with Gasteiger partial charge in [0, 0.05) is 32.1 Å². The number of aliphatic carboxylic acids is 1. The molecule has 0 amide bonds. The van der Waals surface area contributed by atoms with Crippen molar-refractivity contribution < 1.29 is 9.90 Å². The van der Waals surface area contributed by atoms with Crippen LogP contribution < -0.4 is 5.32 Å². The lowest BCUT2D eigenvalue weighted by atomic mass is 10.1. The number of rotatable bonds is 2. The van der Waals surface area contributed by atoms with Crippen LogP contribution in [0.15, 0.2) is 0 Å². The molecular weight excluding hydrogens is 192 g/mol. The monoisotopic (exact) mass is 208 g/mol. The minimum Gasteiger partial charge on any atom is -0.481 e. The molecule has 0 aliphatic carbocycles. The average Bonchev–Trinajstić information content (AvgIpc) is 2.12. The molecular formula is C8H17ClN2O2. The normalized spacial score (nSPS) is 23.2. The van der Waals surface area contributed by atoms with Gasteiger partial charge in [0.1, 0.15) is 0 Å². The lowest BCUT2D eigenvalue weighted by Crippen LogP contribution is -2.49. The number of carbonyl (C=O) groups is 1. The Bertz CT molecular complexity index is 155. The Morgan fingerprint density at radius 3 is 2.77 bits per heavy atom. The van der Waals surface area contributed by atoms with Crippen LogP contribution in [0.1, 0.15) is 6.42 Å². The molecule has 5 heteroatoms. The second-order valence-corrected chi connectivity index (χ2v) is 2.94. The van der Waals surface area contributed by atoms with Gasteiger partial charge >= 0.3 is 5.97 Å². The molecule has 1 aliphatic heterocycles. The first-order chi connectivity index (χ1) is 6.20. The largest absolute Gasteiger partial charge is 0.481 e. The highest BCUT2D eigenvalue weighted by Gasteiger charge is 2.20. The lowest BCUT2D eigenvalue weighted by Gasteiger charge is -2.31. The molecule has 0 bridgehead atoms. The molecule has 13 heavy (non-hydrogen) atoms. The van der Waals surface area contributed by atoms with Gasteiger partial charge in [-0.25, -0.2) is 0 Å². The molecule has 1 aliphatic rings.